The molecule has 0 spiro atoms. The maximum absolute atomic E-state index is 12.8. The van der Waals surface area contributed by atoms with Gasteiger partial charge in [0.15, 0.2) is 5.41 Å². The largest absolute Gasteiger partial charge is 0.543 e. The summed E-state index contributed by atoms with van der Waals surface area (Å²) < 4.78 is 17.0. The first-order chi connectivity index (χ1) is 16.4. The standard InChI is InChI=1S/C29H42O5Si/c1-11-18-29(27(30)32-9,28(31)33-10)19-17-26(24(8)20-25-15-13-12-14-16-25)34-35(21(2)3,22(4)5)23(6)7/h1,12-17,20-23H,18-19H2,2-10H3/b24-20+,26-17?. The van der Waals surface area contributed by atoms with E-state index in [1.165, 1.54) is 14.2 Å². The Labute approximate surface area is 213 Å². The lowest BCUT2D eigenvalue weighted by Gasteiger charge is -2.43. The Kier molecular flexibility index (Phi) is 11.5. The summed E-state index contributed by atoms with van der Waals surface area (Å²) in [5.41, 5.74) is 1.31. The lowest BCUT2D eigenvalue weighted by Crippen LogP contribution is -2.47. The minimum absolute atomic E-state index is 0.00458. The SMILES string of the molecule is C#CCC(CC=C(O[Si](C(C)C)(C(C)C)C(C)C)/C(C)=C/c1ccccc1)(C(=O)OC)C(=O)OC. The molecule has 0 heterocycles. The number of rotatable bonds is 12. The molecule has 0 bridgehead atoms. The van der Waals surface area contributed by atoms with Crippen molar-refractivity contribution in [1.82, 2.24) is 0 Å². The van der Waals surface area contributed by atoms with Crippen molar-refractivity contribution in [3.63, 3.8) is 0 Å². The average Bonchev–Trinajstić information content (AvgIpc) is 2.82. The van der Waals surface area contributed by atoms with Crippen LogP contribution in [0.25, 0.3) is 6.08 Å². The van der Waals surface area contributed by atoms with Gasteiger partial charge in [-0.05, 0) is 53.3 Å². The van der Waals surface area contributed by atoms with Gasteiger partial charge < -0.3 is 13.9 Å². The van der Waals surface area contributed by atoms with Crippen molar-refractivity contribution < 1.29 is 23.5 Å². The fourth-order valence-electron chi connectivity index (χ4n) is 5.00. The molecule has 0 saturated carbocycles. The van der Waals surface area contributed by atoms with Gasteiger partial charge >= 0.3 is 11.9 Å². The van der Waals surface area contributed by atoms with Gasteiger partial charge in [-0.1, -0.05) is 71.9 Å². The molecular formula is C29H42O5Si. The minimum atomic E-state index is -2.34. The zero-order valence-electron chi connectivity index (χ0n) is 22.8. The number of benzene rings is 1. The Balaban J connectivity index is 3.75. The fourth-order valence-corrected chi connectivity index (χ4v) is 10.3. The maximum atomic E-state index is 12.8. The summed E-state index contributed by atoms with van der Waals surface area (Å²) in [6.07, 6.45) is 9.29. The second-order valence-corrected chi connectivity index (χ2v) is 15.3. The van der Waals surface area contributed by atoms with Crippen molar-refractivity contribution >= 4 is 26.3 Å². The molecule has 0 N–H and O–H groups in total. The first kappa shape index (κ1) is 30.2. The second kappa shape index (κ2) is 13.3. The predicted molar refractivity (Wildman–Crippen MR) is 145 cm³/mol. The summed E-state index contributed by atoms with van der Waals surface area (Å²) >= 11 is 0. The van der Waals surface area contributed by atoms with E-state index in [9.17, 15) is 9.59 Å². The molecule has 0 aliphatic carbocycles. The molecule has 0 aliphatic heterocycles. The summed E-state index contributed by atoms with van der Waals surface area (Å²) in [5, 5.41) is 0. The molecule has 1 aromatic carbocycles. The Morgan fingerprint density at radius 2 is 1.46 bits per heavy atom. The Morgan fingerprint density at radius 1 is 0.971 bits per heavy atom. The van der Waals surface area contributed by atoms with Crippen molar-refractivity contribution in [3.05, 3.63) is 53.3 Å². The van der Waals surface area contributed by atoms with Gasteiger partial charge in [0.05, 0.1) is 14.2 Å². The smallest absolute Gasteiger partial charge is 0.324 e. The van der Waals surface area contributed by atoms with Gasteiger partial charge in [-0.15, -0.1) is 12.3 Å². The minimum Gasteiger partial charge on any atom is -0.543 e. The molecule has 6 heteroatoms. The zero-order valence-corrected chi connectivity index (χ0v) is 23.8. The first-order valence-corrected chi connectivity index (χ1v) is 14.3. The molecule has 0 aliphatic rings. The predicted octanol–water partition coefficient (Wildman–Crippen LogP) is 6.91. The van der Waals surface area contributed by atoms with E-state index in [4.69, 9.17) is 20.3 Å². The monoisotopic (exact) mass is 498 g/mol. The number of ether oxygens (including phenoxy) is 2. The van der Waals surface area contributed by atoms with Crippen LogP contribution in [0.2, 0.25) is 16.6 Å². The van der Waals surface area contributed by atoms with Gasteiger partial charge in [0.2, 0.25) is 0 Å². The third-order valence-corrected chi connectivity index (χ3v) is 12.7. The molecule has 35 heavy (non-hydrogen) atoms. The number of methoxy groups -OCH3 is 2. The molecule has 0 fully saturated rings. The van der Waals surface area contributed by atoms with E-state index in [-0.39, 0.29) is 12.8 Å². The quantitative estimate of drug-likeness (QED) is 0.0782. The highest BCUT2D eigenvalue weighted by Gasteiger charge is 2.49. The van der Waals surface area contributed by atoms with Crippen LogP contribution < -0.4 is 0 Å². The molecular weight excluding hydrogens is 456 g/mol. The van der Waals surface area contributed by atoms with Crippen LogP contribution in [0.3, 0.4) is 0 Å². The van der Waals surface area contributed by atoms with Gasteiger partial charge in [-0.2, -0.15) is 0 Å². The third kappa shape index (κ3) is 6.88. The number of esters is 2. The summed E-state index contributed by atoms with van der Waals surface area (Å²) in [5.74, 6) is 1.68. The van der Waals surface area contributed by atoms with Crippen LogP contribution in [0.4, 0.5) is 0 Å². The molecule has 0 aromatic heterocycles. The number of hydrogen-bond acceptors (Lipinski definition) is 5. The third-order valence-electron chi connectivity index (χ3n) is 6.76. The van der Waals surface area contributed by atoms with E-state index in [0.717, 1.165) is 11.1 Å². The molecule has 0 atom stereocenters. The highest BCUT2D eigenvalue weighted by Crippen LogP contribution is 2.45. The molecule has 1 aromatic rings. The van der Waals surface area contributed by atoms with Gasteiger partial charge in [0.1, 0.15) is 5.76 Å². The van der Waals surface area contributed by atoms with Crippen molar-refractivity contribution in [2.75, 3.05) is 14.2 Å². The van der Waals surface area contributed by atoms with E-state index in [2.05, 4.69) is 47.5 Å². The van der Waals surface area contributed by atoms with E-state index >= 15 is 0 Å². The summed E-state index contributed by atoms with van der Waals surface area (Å²) in [4.78, 5) is 25.6. The molecule has 0 radical (unpaired) electrons. The lowest BCUT2D eigenvalue weighted by atomic mass is 9.81. The Bertz CT molecular complexity index is 913. The van der Waals surface area contributed by atoms with Crippen LogP contribution >= 0.6 is 0 Å². The molecule has 192 valence electrons. The van der Waals surface area contributed by atoms with Crippen LogP contribution in [-0.2, 0) is 23.5 Å². The highest BCUT2D eigenvalue weighted by atomic mass is 28.4. The zero-order chi connectivity index (χ0) is 26.8. The molecule has 1 rings (SSSR count). The average molecular weight is 499 g/mol. The summed E-state index contributed by atoms with van der Waals surface area (Å²) in [6, 6.07) is 9.96. The van der Waals surface area contributed by atoms with Gasteiger partial charge in [0, 0.05) is 6.42 Å². The summed E-state index contributed by atoms with van der Waals surface area (Å²) in [6.45, 7) is 15.3. The number of carbonyl (C=O) groups excluding carboxylic acids is 2. The van der Waals surface area contributed by atoms with Crippen molar-refractivity contribution in [2.24, 2.45) is 5.41 Å². The fraction of sp³-hybridized carbons (Fsp3) is 0.517. The van der Waals surface area contributed by atoms with Gasteiger partial charge in [-0.25, -0.2) is 0 Å². The second-order valence-electron chi connectivity index (χ2n) is 9.88. The number of terminal acetylenes is 1. The molecule has 0 amide bonds. The van der Waals surface area contributed by atoms with E-state index < -0.39 is 25.7 Å². The van der Waals surface area contributed by atoms with Crippen LogP contribution in [0.1, 0.15) is 66.9 Å². The Morgan fingerprint density at radius 3 is 1.86 bits per heavy atom. The molecule has 0 unspecified atom stereocenters. The van der Waals surface area contributed by atoms with E-state index in [0.29, 0.717) is 22.4 Å². The maximum Gasteiger partial charge on any atom is 0.324 e. The molecule has 5 nitrogen and oxygen atoms in total. The van der Waals surface area contributed by atoms with Crippen LogP contribution in [-0.4, -0.2) is 34.5 Å². The van der Waals surface area contributed by atoms with Crippen molar-refractivity contribution in [3.8, 4) is 12.3 Å². The number of hydrogen-bond donors (Lipinski definition) is 0. The van der Waals surface area contributed by atoms with Crippen molar-refractivity contribution in [2.45, 2.75) is 77.9 Å². The van der Waals surface area contributed by atoms with E-state index in [1.807, 2.05) is 49.4 Å². The first-order valence-electron chi connectivity index (χ1n) is 12.2. The van der Waals surface area contributed by atoms with Crippen LogP contribution in [0.15, 0.2) is 47.7 Å². The lowest BCUT2D eigenvalue weighted by molar-refractivity contribution is -0.168. The van der Waals surface area contributed by atoms with Crippen LogP contribution in [0, 0.1) is 17.8 Å². The Hall–Kier alpha value is -2.78. The van der Waals surface area contributed by atoms with Crippen LogP contribution in [0.5, 0.6) is 0 Å². The highest BCUT2D eigenvalue weighted by molar-refractivity contribution is 6.77. The van der Waals surface area contributed by atoms with Crippen molar-refractivity contribution in [1.29, 1.82) is 0 Å². The number of carbonyl (C=O) groups is 2. The summed E-state index contributed by atoms with van der Waals surface area (Å²) in [7, 11) is 0.147. The number of allylic oxidation sites excluding steroid dienone is 2. The topological polar surface area (TPSA) is 61.8 Å². The van der Waals surface area contributed by atoms with Gasteiger partial charge in [-0.3, -0.25) is 9.59 Å². The molecule has 0 saturated heterocycles. The van der Waals surface area contributed by atoms with E-state index in [1.54, 1.807) is 0 Å². The van der Waals surface area contributed by atoms with Gasteiger partial charge in [0.25, 0.3) is 8.32 Å². The normalized spacial score (nSPS) is 13.1.